The number of methoxy groups -OCH3 is 1. The maximum absolute atomic E-state index is 4.74. The van der Waals surface area contributed by atoms with Crippen molar-refractivity contribution >= 4 is 16.7 Å². The second-order valence-electron chi connectivity index (χ2n) is 1.34. The fraction of sp³-hybridized carbons (Fsp3) is 0.500. The summed E-state index contributed by atoms with van der Waals surface area (Å²) >= 11 is 1.28. The van der Waals surface area contributed by atoms with Crippen molar-refractivity contribution in [1.29, 1.82) is 0 Å². The van der Waals surface area contributed by atoms with E-state index in [-0.39, 0.29) is 0 Å². The molecule has 1 heterocycles. The van der Waals surface area contributed by atoms with Crippen LogP contribution in [-0.2, 0) is 0 Å². The zero-order chi connectivity index (χ0) is 6.69. The first-order valence-electron chi connectivity index (χ1n) is 2.42. The molecule has 1 aromatic heterocycles. The van der Waals surface area contributed by atoms with Gasteiger partial charge in [-0.05, 0) is 0 Å². The summed E-state index contributed by atoms with van der Waals surface area (Å²) in [6, 6.07) is 0.421. The van der Waals surface area contributed by atoms with Gasteiger partial charge in [0.05, 0.1) is 7.11 Å². The highest BCUT2D eigenvalue weighted by Gasteiger charge is 1.98. The summed E-state index contributed by atoms with van der Waals surface area (Å²) in [6.45, 7) is 0. The van der Waals surface area contributed by atoms with E-state index < -0.39 is 0 Å². The molecule has 1 N–H and O–H groups in total. The molecule has 1 rings (SSSR count). The van der Waals surface area contributed by atoms with Crippen molar-refractivity contribution < 1.29 is 4.74 Å². The van der Waals surface area contributed by atoms with Crippen LogP contribution >= 0.6 is 11.5 Å². The van der Waals surface area contributed by atoms with E-state index in [2.05, 4.69) is 14.7 Å². The summed E-state index contributed by atoms with van der Waals surface area (Å²) in [7, 11) is 3.33. The predicted octanol–water partition coefficient (Wildman–Crippen LogP) is 0.588. The van der Waals surface area contributed by atoms with Gasteiger partial charge in [-0.1, -0.05) is 0 Å². The minimum atomic E-state index is 0.421. The summed E-state index contributed by atoms with van der Waals surface area (Å²) in [5.74, 6) is 0. The molecule has 4 nitrogen and oxygen atoms in total. The van der Waals surface area contributed by atoms with Gasteiger partial charge in [0.1, 0.15) is 0 Å². The van der Waals surface area contributed by atoms with E-state index in [4.69, 9.17) is 4.74 Å². The molecular formula is C4H7N3OS. The lowest BCUT2D eigenvalue weighted by Crippen LogP contribution is -1.87. The lowest BCUT2D eigenvalue weighted by molar-refractivity contribution is 0.386. The molecule has 0 saturated carbocycles. The number of hydrogen-bond donors (Lipinski definition) is 1. The van der Waals surface area contributed by atoms with Crippen LogP contribution in [0, 0.1) is 0 Å². The highest BCUT2D eigenvalue weighted by Crippen LogP contribution is 2.13. The van der Waals surface area contributed by atoms with Crippen LogP contribution in [0.15, 0.2) is 0 Å². The molecule has 0 spiro atoms. The fourth-order valence-electron chi connectivity index (χ4n) is 0.394. The van der Waals surface area contributed by atoms with E-state index in [1.807, 2.05) is 0 Å². The molecule has 0 bridgehead atoms. The third kappa shape index (κ3) is 1.29. The number of ether oxygens (including phenoxy) is 1. The molecule has 50 valence electrons. The highest BCUT2D eigenvalue weighted by molar-refractivity contribution is 7.09. The van der Waals surface area contributed by atoms with Gasteiger partial charge in [-0.2, -0.15) is 4.98 Å². The minimum Gasteiger partial charge on any atom is -0.466 e. The van der Waals surface area contributed by atoms with Crippen LogP contribution in [-0.4, -0.2) is 23.5 Å². The summed E-state index contributed by atoms with van der Waals surface area (Å²) in [4.78, 5) is 3.92. The van der Waals surface area contributed by atoms with Crippen molar-refractivity contribution in [1.82, 2.24) is 9.36 Å². The van der Waals surface area contributed by atoms with Gasteiger partial charge in [0, 0.05) is 18.6 Å². The van der Waals surface area contributed by atoms with Gasteiger partial charge >= 0.3 is 6.01 Å². The number of rotatable bonds is 2. The Bertz CT molecular complexity index is 169. The maximum Gasteiger partial charge on any atom is 0.329 e. The molecule has 0 radical (unpaired) electrons. The average Bonchev–Trinajstić information content (AvgIpc) is 2.34. The zero-order valence-electron chi connectivity index (χ0n) is 5.21. The quantitative estimate of drug-likeness (QED) is 0.661. The Morgan fingerprint density at radius 1 is 1.67 bits per heavy atom. The van der Waals surface area contributed by atoms with Gasteiger partial charge in [-0.25, -0.2) is 0 Å². The standard InChI is InChI=1S/C4H7N3OS/c1-5-4-6-3(8-2)7-9-4/h1-2H3,(H,5,6,7). The second kappa shape index (κ2) is 2.63. The van der Waals surface area contributed by atoms with E-state index in [9.17, 15) is 0 Å². The van der Waals surface area contributed by atoms with Crippen LogP contribution in [0.1, 0.15) is 0 Å². The largest absolute Gasteiger partial charge is 0.466 e. The van der Waals surface area contributed by atoms with Crippen LogP contribution in [0.25, 0.3) is 0 Å². The van der Waals surface area contributed by atoms with Crippen molar-refractivity contribution in [2.75, 3.05) is 19.5 Å². The second-order valence-corrected chi connectivity index (χ2v) is 2.09. The first kappa shape index (κ1) is 6.28. The number of aromatic nitrogens is 2. The molecule has 0 unspecified atom stereocenters. The third-order valence-electron chi connectivity index (χ3n) is 0.804. The summed E-state index contributed by atoms with van der Waals surface area (Å²) < 4.78 is 8.60. The molecule has 0 amide bonds. The Balaban J connectivity index is 2.74. The monoisotopic (exact) mass is 145 g/mol. The molecule has 0 aliphatic carbocycles. The van der Waals surface area contributed by atoms with E-state index in [1.165, 1.54) is 11.5 Å². The molecule has 5 heteroatoms. The van der Waals surface area contributed by atoms with Gasteiger partial charge in [0.2, 0.25) is 5.13 Å². The SMILES string of the molecule is CNc1nc(OC)ns1. The Labute approximate surface area is 57.0 Å². The molecule has 0 saturated heterocycles. The Kier molecular flexibility index (Phi) is 1.84. The molecule has 0 aromatic carbocycles. The van der Waals surface area contributed by atoms with Crippen molar-refractivity contribution in [3.8, 4) is 6.01 Å². The number of anilines is 1. The topological polar surface area (TPSA) is 47.0 Å². The van der Waals surface area contributed by atoms with Crippen molar-refractivity contribution in [2.45, 2.75) is 0 Å². The summed E-state index contributed by atoms with van der Waals surface area (Å²) in [5, 5.41) is 3.62. The number of nitrogens with one attached hydrogen (secondary N) is 1. The summed E-state index contributed by atoms with van der Waals surface area (Å²) in [5.41, 5.74) is 0. The Morgan fingerprint density at radius 2 is 2.44 bits per heavy atom. The number of hydrogen-bond acceptors (Lipinski definition) is 5. The zero-order valence-corrected chi connectivity index (χ0v) is 6.03. The van der Waals surface area contributed by atoms with Crippen LogP contribution in [0.2, 0.25) is 0 Å². The normalized spacial score (nSPS) is 9.11. The first-order valence-corrected chi connectivity index (χ1v) is 3.19. The van der Waals surface area contributed by atoms with E-state index in [1.54, 1.807) is 14.2 Å². The first-order chi connectivity index (χ1) is 4.36. The maximum atomic E-state index is 4.74. The van der Waals surface area contributed by atoms with Crippen molar-refractivity contribution in [2.24, 2.45) is 0 Å². The molecule has 0 atom stereocenters. The molecular weight excluding hydrogens is 138 g/mol. The Hall–Kier alpha value is -0.840. The predicted molar refractivity (Wildman–Crippen MR) is 36.0 cm³/mol. The lowest BCUT2D eigenvalue weighted by Gasteiger charge is -1.86. The minimum absolute atomic E-state index is 0.421. The van der Waals surface area contributed by atoms with Crippen molar-refractivity contribution in [3.63, 3.8) is 0 Å². The van der Waals surface area contributed by atoms with Gasteiger partial charge < -0.3 is 10.1 Å². The Morgan fingerprint density at radius 3 is 2.78 bits per heavy atom. The van der Waals surface area contributed by atoms with E-state index in [0.717, 1.165) is 5.13 Å². The van der Waals surface area contributed by atoms with E-state index in [0.29, 0.717) is 6.01 Å². The van der Waals surface area contributed by atoms with Gasteiger partial charge in [0.15, 0.2) is 0 Å². The fourth-order valence-corrected chi connectivity index (χ4v) is 0.885. The molecule has 9 heavy (non-hydrogen) atoms. The van der Waals surface area contributed by atoms with Gasteiger partial charge in [-0.3, -0.25) is 0 Å². The van der Waals surface area contributed by atoms with Crippen LogP contribution < -0.4 is 10.1 Å². The molecule has 0 fully saturated rings. The lowest BCUT2D eigenvalue weighted by atomic mass is 11.0. The molecule has 1 aromatic rings. The summed E-state index contributed by atoms with van der Waals surface area (Å²) in [6.07, 6.45) is 0. The highest BCUT2D eigenvalue weighted by atomic mass is 32.1. The van der Waals surface area contributed by atoms with Crippen LogP contribution in [0.3, 0.4) is 0 Å². The molecule has 0 aliphatic heterocycles. The smallest absolute Gasteiger partial charge is 0.329 e. The van der Waals surface area contributed by atoms with E-state index >= 15 is 0 Å². The third-order valence-corrected chi connectivity index (χ3v) is 1.52. The van der Waals surface area contributed by atoms with Crippen molar-refractivity contribution in [3.05, 3.63) is 0 Å². The molecule has 0 aliphatic rings. The number of nitrogens with zero attached hydrogens (tertiary/aromatic N) is 2. The van der Waals surface area contributed by atoms with Crippen LogP contribution in [0.4, 0.5) is 5.13 Å². The van der Waals surface area contributed by atoms with Gasteiger partial charge in [0.25, 0.3) is 0 Å². The average molecular weight is 145 g/mol. The van der Waals surface area contributed by atoms with Crippen LogP contribution in [0.5, 0.6) is 6.01 Å². The van der Waals surface area contributed by atoms with Gasteiger partial charge in [-0.15, -0.1) is 4.37 Å².